The van der Waals surface area contributed by atoms with E-state index in [-0.39, 0.29) is 18.6 Å². The lowest BCUT2D eigenvalue weighted by Gasteiger charge is -2.19. The molecule has 0 radical (unpaired) electrons. The summed E-state index contributed by atoms with van der Waals surface area (Å²) >= 11 is 0. The third-order valence-corrected chi connectivity index (χ3v) is 5.94. The summed E-state index contributed by atoms with van der Waals surface area (Å²) in [5, 5.41) is 2.97. The molecule has 5 nitrogen and oxygen atoms in total. The van der Waals surface area contributed by atoms with Gasteiger partial charge >= 0.3 is 0 Å². The van der Waals surface area contributed by atoms with Crippen LogP contribution in [0.5, 0.6) is 0 Å². The smallest absolute Gasteiger partial charge is 0.250 e. The van der Waals surface area contributed by atoms with Crippen molar-refractivity contribution in [3.05, 3.63) is 108 Å². The number of carbonyl (C=O) groups is 1. The highest BCUT2D eigenvalue weighted by Crippen LogP contribution is 2.27. The normalized spacial score (nSPS) is 13.0. The van der Waals surface area contributed by atoms with Crippen molar-refractivity contribution in [1.29, 1.82) is 0 Å². The zero-order valence-electron chi connectivity index (χ0n) is 18.5. The number of aryl methyl sites for hydroxylation is 2. The first-order chi connectivity index (χ1) is 16.3. The summed E-state index contributed by atoms with van der Waals surface area (Å²) in [6.07, 6.45) is 5.23. The topological polar surface area (TPSA) is 56.1 Å². The maximum atomic E-state index is 12.7. The van der Waals surface area contributed by atoms with Crippen LogP contribution < -0.4 is 5.32 Å². The van der Waals surface area contributed by atoms with Crippen LogP contribution in [-0.4, -0.2) is 22.1 Å². The average molecular weight is 438 g/mol. The van der Waals surface area contributed by atoms with Gasteiger partial charge in [0.05, 0.1) is 5.69 Å². The zero-order chi connectivity index (χ0) is 22.5. The lowest BCUT2D eigenvalue weighted by Crippen LogP contribution is -2.20. The van der Waals surface area contributed by atoms with E-state index in [1.807, 2.05) is 84.9 Å². The molecule has 1 aliphatic heterocycles. The number of rotatable bonds is 7. The van der Waals surface area contributed by atoms with E-state index in [9.17, 15) is 4.79 Å². The molecule has 33 heavy (non-hydrogen) atoms. The predicted molar refractivity (Wildman–Crippen MR) is 130 cm³/mol. The molecule has 166 valence electrons. The van der Waals surface area contributed by atoms with E-state index < -0.39 is 0 Å². The minimum atomic E-state index is -0.304. The van der Waals surface area contributed by atoms with E-state index in [0.29, 0.717) is 0 Å². The fourth-order valence-corrected chi connectivity index (χ4v) is 4.30. The zero-order valence-corrected chi connectivity index (χ0v) is 18.5. The fourth-order valence-electron chi connectivity index (χ4n) is 4.30. The van der Waals surface area contributed by atoms with Crippen molar-refractivity contribution >= 4 is 11.6 Å². The van der Waals surface area contributed by atoms with Crippen LogP contribution in [0.15, 0.2) is 91.1 Å². The maximum Gasteiger partial charge on any atom is 0.250 e. The van der Waals surface area contributed by atoms with Gasteiger partial charge in [-0.25, -0.2) is 4.98 Å². The van der Waals surface area contributed by atoms with Gasteiger partial charge in [0.1, 0.15) is 18.5 Å². The van der Waals surface area contributed by atoms with Gasteiger partial charge < -0.3 is 14.6 Å². The summed E-state index contributed by atoms with van der Waals surface area (Å²) in [5.74, 6) is 0.958. The largest absolute Gasteiger partial charge is 0.359 e. The van der Waals surface area contributed by atoms with Crippen molar-refractivity contribution in [1.82, 2.24) is 9.55 Å². The Labute approximate surface area is 194 Å². The van der Waals surface area contributed by atoms with Crippen LogP contribution in [0.4, 0.5) is 5.69 Å². The second kappa shape index (κ2) is 9.84. The molecule has 1 amide bonds. The first-order valence-corrected chi connectivity index (χ1v) is 11.4. The first-order valence-electron chi connectivity index (χ1n) is 11.4. The molecular formula is C28H27N3O2. The second-order valence-electron chi connectivity index (χ2n) is 8.33. The van der Waals surface area contributed by atoms with Crippen LogP contribution in [0.1, 0.15) is 35.9 Å². The Morgan fingerprint density at radius 2 is 1.67 bits per heavy atom. The van der Waals surface area contributed by atoms with Gasteiger partial charge in [-0.05, 0) is 36.1 Å². The highest BCUT2D eigenvalue weighted by molar-refractivity contribution is 5.92. The lowest BCUT2D eigenvalue weighted by atomic mass is 10.0. The number of ether oxygens (including phenoxy) is 1. The third-order valence-electron chi connectivity index (χ3n) is 5.94. The fraction of sp³-hybridized carbons (Fsp3) is 0.214. The molecule has 5 heteroatoms. The van der Waals surface area contributed by atoms with Crippen LogP contribution in [0.2, 0.25) is 0 Å². The molecule has 0 saturated carbocycles. The number of hydrogen-bond acceptors (Lipinski definition) is 3. The number of nitrogens with one attached hydrogen (secondary N) is 1. The van der Waals surface area contributed by atoms with Crippen molar-refractivity contribution in [2.24, 2.45) is 0 Å². The molecule has 1 N–H and O–H groups in total. The van der Waals surface area contributed by atoms with Crippen LogP contribution in [-0.2, 0) is 22.5 Å². The highest BCUT2D eigenvalue weighted by Gasteiger charge is 2.17. The molecule has 0 bridgehead atoms. The number of amides is 1. The number of anilines is 1. The van der Waals surface area contributed by atoms with Crippen LogP contribution in [0.25, 0.3) is 11.3 Å². The summed E-state index contributed by atoms with van der Waals surface area (Å²) in [5.41, 5.74) is 4.72. The van der Waals surface area contributed by atoms with Crippen molar-refractivity contribution in [3.63, 3.8) is 0 Å². The van der Waals surface area contributed by atoms with Gasteiger partial charge in [-0.15, -0.1) is 0 Å². The Kier molecular flexibility index (Phi) is 6.31. The summed E-state index contributed by atoms with van der Waals surface area (Å²) in [7, 11) is 0. The van der Waals surface area contributed by atoms with Crippen LogP contribution in [0.3, 0.4) is 0 Å². The summed E-state index contributed by atoms with van der Waals surface area (Å²) < 4.78 is 8.33. The third kappa shape index (κ3) is 5.04. The van der Waals surface area contributed by atoms with Gasteiger partial charge in [-0.3, -0.25) is 4.79 Å². The number of aromatic nitrogens is 2. The van der Waals surface area contributed by atoms with Gasteiger partial charge in [-0.2, -0.15) is 0 Å². The monoisotopic (exact) mass is 437 g/mol. The van der Waals surface area contributed by atoms with Crippen LogP contribution >= 0.6 is 0 Å². The summed E-state index contributed by atoms with van der Waals surface area (Å²) in [4.78, 5) is 17.5. The Balaban J connectivity index is 1.27. The number of imidazole rings is 1. The quantitative estimate of drug-likeness (QED) is 0.408. The number of carbonyl (C=O) groups excluding carboxylic acids is 1. The molecule has 0 spiro atoms. The number of nitrogens with zero attached hydrogens (tertiary/aromatic N) is 2. The number of benzene rings is 3. The van der Waals surface area contributed by atoms with Crippen LogP contribution in [0, 0.1) is 0 Å². The number of hydrogen-bond donors (Lipinski definition) is 1. The van der Waals surface area contributed by atoms with E-state index in [4.69, 9.17) is 9.72 Å². The molecule has 1 aliphatic rings. The maximum absolute atomic E-state index is 12.7. The minimum Gasteiger partial charge on any atom is -0.359 e. The Hall–Kier alpha value is -3.70. The van der Waals surface area contributed by atoms with E-state index in [1.54, 1.807) is 0 Å². The molecule has 0 fully saturated rings. The molecule has 3 aromatic carbocycles. The standard InChI is InChI=1S/C28H27N3O2/c32-27(20-33-28(21-10-3-1-4-11-21)22-12-5-2-6-13-22)29-24-15-9-14-23(18-24)25-19-31-17-8-7-16-26(31)30-25/h1-6,9-15,18-19,28H,7-8,16-17,20H2,(H,29,32). The van der Waals surface area contributed by atoms with Gasteiger partial charge in [0.25, 0.3) is 0 Å². The minimum absolute atomic E-state index is 0.0442. The van der Waals surface area contributed by atoms with E-state index in [0.717, 1.165) is 46.9 Å². The molecule has 0 aliphatic carbocycles. The first kappa shape index (κ1) is 21.2. The average Bonchev–Trinajstić information content (AvgIpc) is 3.30. The molecule has 1 aromatic heterocycles. The van der Waals surface area contributed by atoms with Gasteiger partial charge in [0, 0.05) is 30.4 Å². The lowest BCUT2D eigenvalue weighted by molar-refractivity contribution is -0.121. The Morgan fingerprint density at radius 1 is 0.939 bits per heavy atom. The molecule has 0 saturated heterocycles. The molecule has 5 rings (SSSR count). The summed E-state index contributed by atoms with van der Waals surface area (Å²) in [6.45, 7) is 0.984. The van der Waals surface area contributed by atoms with E-state index in [2.05, 4.69) is 16.1 Å². The predicted octanol–water partition coefficient (Wildman–Crippen LogP) is 5.63. The van der Waals surface area contributed by atoms with Crippen molar-refractivity contribution in [3.8, 4) is 11.3 Å². The van der Waals surface area contributed by atoms with Gasteiger partial charge in [0.15, 0.2) is 0 Å². The van der Waals surface area contributed by atoms with E-state index in [1.165, 1.54) is 12.8 Å². The molecular weight excluding hydrogens is 410 g/mol. The Morgan fingerprint density at radius 3 is 2.36 bits per heavy atom. The second-order valence-corrected chi connectivity index (χ2v) is 8.33. The van der Waals surface area contributed by atoms with Gasteiger partial charge in [-0.1, -0.05) is 72.8 Å². The Bertz CT molecular complexity index is 1160. The van der Waals surface area contributed by atoms with Gasteiger partial charge in [0.2, 0.25) is 5.91 Å². The van der Waals surface area contributed by atoms with Crippen molar-refractivity contribution in [2.75, 3.05) is 11.9 Å². The summed E-state index contributed by atoms with van der Waals surface area (Å²) in [6, 6.07) is 27.8. The number of fused-ring (bicyclic) bond motifs is 1. The highest BCUT2D eigenvalue weighted by atomic mass is 16.5. The molecule has 0 unspecified atom stereocenters. The molecule has 2 heterocycles. The van der Waals surface area contributed by atoms with E-state index >= 15 is 0 Å². The van der Waals surface area contributed by atoms with Crippen molar-refractivity contribution < 1.29 is 9.53 Å². The SMILES string of the molecule is O=C(COC(c1ccccc1)c1ccccc1)Nc1cccc(-c2cn3c(n2)CCCC3)c1. The molecule has 4 aromatic rings. The van der Waals surface area contributed by atoms with Crippen molar-refractivity contribution in [2.45, 2.75) is 31.9 Å². The molecule has 0 atom stereocenters.